The van der Waals surface area contributed by atoms with Crippen molar-refractivity contribution in [2.45, 2.75) is 12.8 Å². The highest BCUT2D eigenvalue weighted by molar-refractivity contribution is 7.83. The van der Waals surface area contributed by atoms with Crippen LogP contribution in [0.4, 0.5) is 0 Å². The quantitative estimate of drug-likeness (QED) is 0.736. The first-order chi connectivity index (χ1) is 10.1. The molecular weight excluding hydrogens is 286 g/mol. The summed E-state index contributed by atoms with van der Waals surface area (Å²) >= 11 is 0. The van der Waals surface area contributed by atoms with Gasteiger partial charge in [-0.15, -0.1) is 0 Å². The molecular formula is C14H15N5OS. The summed E-state index contributed by atoms with van der Waals surface area (Å²) in [6.07, 6.45) is 8.91. The highest BCUT2D eigenvalue weighted by atomic mass is 32.2. The van der Waals surface area contributed by atoms with Crippen LogP contribution >= 0.6 is 0 Å². The van der Waals surface area contributed by atoms with Crippen molar-refractivity contribution in [2.75, 3.05) is 6.26 Å². The summed E-state index contributed by atoms with van der Waals surface area (Å²) < 4.78 is 14.7. The summed E-state index contributed by atoms with van der Waals surface area (Å²) in [6, 6.07) is 5.73. The average Bonchev–Trinajstić information content (AvgIpc) is 3.06. The number of pyridine rings is 1. The van der Waals surface area contributed by atoms with Gasteiger partial charge in [-0.25, -0.2) is 4.68 Å². The van der Waals surface area contributed by atoms with Crippen molar-refractivity contribution in [3.05, 3.63) is 48.7 Å². The van der Waals surface area contributed by atoms with Crippen LogP contribution in [-0.2, 0) is 16.7 Å². The van der Waals surface area contributed by atoms with Crippen molar-refractivity contribution in [1.82, 2.24) is 24.5 Å². The molecule has 0 spiro atoms. The summed E-state index contributed by atoms with van der Waals surface area (Å²) in [5.41, 5.74) is 3.58. The van der Waals surface area contributed by atoms with Gasteiger partial charge >= 0.3 is 0 Å². The third-order valence-electron chi connectivity index (χ3n) is 3.04. The SMILES string of the molecule is Cc1nn(-c2cccnc2)cc1-c1ccn(CS(C)=O)n1. The van der Waals surface area contributed by atoms with Crippen LogP contribution in [0.25, 0.3) is 16.9 Å². The fourth-order valence-electron chi connectivity index (χ4n) is 2.10. The van der Waals surface area contributed by atoms with Gasteiger partial charge in [0, 0.05) is 41.2 Å². The maximum Gasteiger partial charge on any atom is 0.116 e. The molecule has 0 aliphatic rings. The number of aromatic nitrogens is 5. The molecule has 3 rings (SSSR count). The number of rotatable bonds is 4. The molecule has 3 heterocycles. The first kappa shape index (κ1) is 13.7. The second-order valence-electron chi connectivity index (χ2n) is 4.73. The Labute approximate surface area is 124 Å². The molecule has 0 aromatic carbocycles. The Morgan fingerprint density at radius 1 is 1.29 bits per heavy atom. The Kier molecular flexibility index (Phi) is 3.66. The zero-order chi connectivity index (χ0) is 14.8. The molecule has 3 aromatic rings. The van der Waals surface area contributed by atoms with Crippen LogP contribution in [0.3, 0.4) is 0 Å². The van der Waals surface area contributed by atoms with Crippen molar-refractivity contribution in [3.8, 4) is 16.9 Å². The van der Waals surface area contributed by atoms with Crippen LogP contribution < -0.4 is 0 Å². The van der Waals surface area contributed by atoms with E-state index in [1.54, 1.807) is 28.0 Å². The lowest BCUT2D eigenvalue weighted by molar-refractivity contribution is 0.663. The molecule has 1 unspecified atom stereocenters. The predicted octanol–water partition coefficient (Wildman–Crippen LogP) is 1.78. The van der Waals surface area contributed by atoms with E-state index in [1.165, 1.54) is 0 Å². The van der Waals surface area contributed by atoms with Crippen LogP contribution in [0.1, 0.15) is 5.69 Å². The molecule has 21 heavy (non-hydrogen) atoms. The minimum Gasteiger partial charge on any atom is -0.262 e. The maximum absolute atomic E-state index is 11.2. The minimum absolute atomic E-state index is 0.399. The van der Waals surface area contributed by atoms with Crippen molar-refractivity contribution in [1.29, 1.82) is 0 Å². The fourth-order valence-corrected chi connectivity index (χ4v) is 2.61. The highest BCUT2D eigenvalue weighted by Crippen LogP contribution is 2.22. The van der Waals surface area contributed by atoms with Gasteiger partial charge in [0.25, 0.3) is 0 Å². The molecule has 3 aromatic heterocycles. The summed E-state index contributed by atoms with van der Waals surface area (Å²) in [5.74, 6) is 0.399. The molecule has 1 atom stereocenters. The molecule has 0 amide bonds. The molecule has 0 bridgehead atoms. The Hall–Kier alpha value is -2.28. The van der Waals surface area contributed by atoms with Gasteiger partial charge in [-0.05, 0) is 25.1 Å². The van der Waals surface area contributed by atoms with Gasteiger partial charge in [-0.3, -0.25) is 13.9 Å². The number of aryl methyl sites for hydroxylation is 1. The van der Waals surface area contributed by atoms with Crippen molar-refractivity contribution < 1.29 is 4.21 Å². The van der Waals surface area contributed by atoms with Crippen molar-refractivity contribution in [3.63, 3.8) is 0 Å². The maximum atomic E-state index is 11.2. The van der Waals surface area contributed by atoms with Crippen LogP contribution in [0.5, 0.6) is 0 Å². The first-order valence-corrected chi connectivity index (χ1v) is 8.17. The van der Waals surface area contributed by atoms with Gasteiger partial charge in [0.2, 0.25) is 0 Å². The third-order valence-corrected chi connectivity index (χ3v) is 3.67. The summed E-state index contributed by atoms with van der Waals surface area (Å²) in [4.78, 5) is 4.10. The third kappa shape index (κ3) is 2.92. The smallest absolute Gasteiger partial charge is 0.116 e. The van der Waals surface area contributed by atoms with E-state index in [4.69, 9.17) is 0 Å². The minimum atomic E-state index is -0.918. The molecule has 0 radical (unpaired) electrons. The molecule has 0 saturated heterocycles. The van der Waals surface area contributed by atoms with Crippen LogP contribution in [0.15, 0.2) is 43.0 Å². The summed E-state index contributed by atoms with van der Waals surface area (Å²) in [6.45, 7) is 1.94. The van der Waals surface area contributed by atoms with E-state index in [9.17, 15) is 4.21 Å². The largest absolute Gasteiger partial charge is 0.262 e. The van der Waals surface area contributed by atoms with E-state index < -0.39 is 10.8 Å². The first-order valence-electron chi connectivity index (χ1n) is 6.44. The molecule has 0 saturated carbocycles. The van der Waals surface area contributed by atoms with Gasteiger partial charge < -0.3 is 0 Å². The van der Waals surface area contributed by atoms with E-state index in [0.717, 1.165) is 22.6 Å². The number of hydrogen-bond acceptors (Lipinski definition) is 4. The van der Waals surface area contributed by atoms with Gasteiger partial charge in [0.1, 0.15) is 5.88 Å². The fraction of sp³-hybridized carbons (Fsp3) is 0.214. The molecule has 0 N–H and O–H groups in total. The van der Waals surface area contributed by atoms with Gasteiger partial charge in [0.05, 0.1) is 23.3 Å². The second kappa shape index (κ2) is 5.61. The van der Waals surface area contributed by atoms with E-state index in [-0.39, 0.29) is 0 Å². The highest BCUT2D eigenvalue weighted by Gasteiger charge is 2.11. The second-order valence-corrected chi connectivity index (χ2v) is 6.13. The van der Waals surface area contributed by atoms with E-state index in [2.05, 4.69) is 15.2 Å². The topological polar surface area (TPSA) is 65.6 Å². The molecule has 0 fully saturated rings. The van der Waals surface area contributed by atoms with Gasteiger partial charge in [-0.1, -0.05) is 0 Å². The zero-order valence-electron chi connectivity index (χ0n) is 11.8. The van der Waals surface area contributed by atoms with E-state index in [0.29, 0.717) is 5.88 Å². The summed E-state index contributed by atoms with van der Waals surface area (Å²) in [5, 5.41) is 8.94. The van der Waals surface area contributed by atoms with Crippen LogP contribution in [-0.4, -0.2) is 35.0 Å². The molecule has 7 heteroatoms. The molecule has 0 aliphatic heterocycles. The van der Waals surface area contributed by atoms with Crippen LogP contribution in [0, 0.1) is 6.92 Å². The lowest BCUT2D eigenvalue weighted by Gasteiger charge is -1.98. The Morgan fingerprint density at radius 2 is 2.14 bits per heavy atom. The van der Waals surface area contributed by atoms with Gasteiger partial charge in [-0.2, -0.15) is 10.2 Å². The number of nitrogens with zero attached hydrogens (tertiary/aromatic N) is 5. The molecule has 0 aliphatic carbocycles. The van der Waals surface area contributed by atoms with Gasteiger partial charge in [0.15, 0.2) is 0 Å². The van der Waals surface area contributed by atoms with Crippen molar-refractivity contribution >= 4 is 10.8 Å². The normalized spacial score (nSPS) is 12.5. The standard InChI is InChI=1S/C14H15N5OS/c1-11-13(14-5-7-18(17-14)10-21(2)20)9-19(16-11)12-4-3-6-15-8-12/h3-9H,10H2,1-2H3. The number of hydrogen-bond donors (Lipinski definition) is 0. The Balaban J connectivity index is 1.94. The molecule has 6 nitrogen and oxygen atoms in total. The Bertz CT molecular complexity index is 778. The zero-order valence-corrected chi connectivity index (χ0v) is 12.6. The molecule has 108 valence electrons. The van der Waals surface area contributed by atoms with E-state index >= 15 is 0 Å². The average molecular weight is 301 g/mol. The lowest BCUT2D eigenvalue weighted by atomic mass is 10.2. The Morgan fingerprint density at radius 3 is 2.86 bits per heavy atom. The van der Waals surface area contributed by atoms with E-state index in [1.807, 2.05) is 37.5 Å². The lowest BCUT2D eigenvalue weighted by Crippen LogP contribution is -2.03. The van der Waals surface area contributed by atoms with Crippen LogP contribution in [0.2, 0.25) is 0 Å². The monoisotopic (exact) mass is 301 g/mol. The predicted molar refractivity (Wildman–Crippen MR) is 81.4 cm³/mol. The summed E-state index contributed by atoms with van der Waals surface area (Å²) in [7, 11) is -0.918. The van der Waals surface area contributed by atoms with Crippen molar-refractivity contribution in [2.24, 2.45) is 0 Å².